The van der Waals surface area contributed by atoms with Crippen molar-refractivity contribution < 1.29 is 24.0 Å². The molecule has 1 N–H and O–H groups in total. The second-order valence-corrected chi connectivity index (χ2v) is 8.19. The molecule has 1 atom stereocenters. The zero-order valence-corrected chi connectivity index (χ0v) is 17.2. The Balaban J connectivity index is 1.77. The smallest absolute Gasteiger partial charge is 0.311 e. The summed E-state index contributed by atoms with van der Waals surface area (Å²) in [6.07, 6.45) is 1.80. The van der Waals surface area contributed by atoms with Gasteiger partial charge >= 0.3 is 5.97 Å². The number of likely N-dealkylation sites (tertiary alicyclic amines) is 1. The monoisotopic (exact) mass is 400 g/mol. The maximum absolute atomic E-state index is 12.5. The maximum atomic E-state index is 12.5. The van der Waals surface area contributed by atoms with Crippen LogP contribution in [0, 0.1) is 11.3 Å². The highest BCUT2D eigenvalue weighted by Gasteiger charge is 2.44. The molecule has 1 aromatic carbocycles. The number of amides is 1. The molecule has 0 aliphatic carbocycles. The van der Waals surface area contributed by atoms with E-state index in [4.69, 9.17) is 9.26 Å². The van der Waals surface area contributed by atoms with Crippen LogP contribution >= 0.6 is 0 Å². The molecule has 7 nitrogen and oxygen atoms in total. The van der Waals surface area contributed by atoms with Crippen LogP contribution < -0.4 is 4.74 Å². The topological polar surface area (TPSA) is 92.9 Å². The van der Waals surface area contributed by atoms with Gasteiger partial charge in [-0.05, 0) is 43.0 Å². The number of carbonyl (C=O) groups excluding carboxylic acids is 1. The Bertz CT molecular complexity index is 858. The van der Waals surface area contributed by atoms with Gasteiger partial charge < -0.3 is 19.3 Å². The number of nitrogens with zero attached hydrogens (tertiary/aromatic N) is 2. The summed E-state index contributed by atoms with van der Waals surface area (Å²) in [6.45, 7) is 4.78. The number of carbonyl (C=O) groups is 2. The number of hydrogen-bond donors (Lipinski definition) is 1. The summed E-state index contributed by atoms with van der Waals surface area (Å²) >= 11 is 0. The van der Waals surface area contributed by atoms with Crippen molar-refractivity contribution >= 4 is 11.9 Å². The Morgan fingerprint density at radius 3 is 2.66 bits per heavy atom. The summed E-state index contributed by atoms with van der Waals surface area (Å²) in [5, 5.41) is 14.1. The highest BCUT2D eigenvalue weighted by molar-refractivity contribution is 5.80. The Labute approximate surface area is 170 Å². The van der Waals surface area contributed by atoms with Gasteiger partial charge in [0, 0.05) is 37.6 Å². The number of piperidine rings is 1. The van der Waals surface area contributed by atoms with Gasteiger partial charge in [0.2, 0.25) is 5.91 Å². The largest absolute Gasteiger partial charge is 0.497 e. The Hall–Kier alpha value is -2.83. The van der Waals surface area contributed by atoms with E-state index in [-0.39, 0.29) is 24.8 Å². The van der Waals surface area contributed by atoms with Gasteiger partial charge in [-0.1, -0.05) is 19.0 Å². The molecule has 156 valence electrons. The number of hydrogen-bond acceptors (Lipinski definition) is 5. The average Bonchev–Trinajstić information content (AvgIpc) is 3.16. The molecule has 0 saturated carbocycles. The minimum atomic E-state index is -1.05. The highest BCUT2D eigenvalue weighted by Crippen LogP contribution is 2.35. The standard InChI is InChI=1S/C22H28N2O5/c1-15(2)11-20(25)24-10-4-9-22(14-24,21(26)27)13-18-12-19(23-29-18)16-5-7-17(28-3)8-6-16/h5-8,12,15H,4,9-11,13-14H2,1-3H3,(H,26,27). The average molecular weight is 400 g/mol. The molecule has 1 aliphatic heterocycles. The van der Waals surface area contributed by atoms with Gasteiger partial charge in [0.15, 0.2) is 0 Å². The predicted molar refractivity (Wildman–Crippen MR) is 108 cm³/mol. The summed E-state index contributed by atoms with van der Waals surface area (Å²) in [5.74, 6) is 0.612. The van der Waals surface area contributed by atoms with E-state index >= 15 is 0 Å². The fraction of sp³-hybridized carbons (Fsp3) is 0.500. The fourth-order valence-corrected chi connectivity index (χ4v) is 3.85. The minimum absolute atomic E-state index is 0.0156. The van der Waals surface area contributed by atoms with E-state index in [1.807, 2.05) is 38.1 Å². The Morgan fingerprint density at radius 2 is 2.03 bits per heavy atom. The molecule has 3 rings (SSSR count). The van der Waals surface area contributed by atoms with E-state index in [1.54, 1.807) is 18.1 Å². The molecule has 0 spiro atoms. The molecule has 1 aliphatic rings. The molecular weight excluding hydrogens is 372 g/mol. The summed E-state index contributed by atoms with van der Waals surface area (Å²) in [5.41, 5.74) is 0.455. The third kappa shape index (κ3) is 4.78. The van der Waals surface area contributed by atoms with Crippen molar-refractivity contribution in [3.8, 4) is 17.0 Å². The van der Waals surface area contributed by atoms with Gasteiger partial charge in [0.25, 0.3) is 0 Å². The molecular formula is C22H28N2O5. The minimum Gasteiger partial charge on any atom is -0.497 e. The van der Waals surface area contributed by atoms with Crippen molar-refractivity contribution in [1.82, 2.24) is 10.1 Å². The van der Waals surface area contributed by atoms with E-state index < -0.39 is 11.4 Å². The predicted octanol–water partition coefficient (Wildman–Crippen LogP) is 3.63. The van der Waals surface area contributed by atoms with Gasteiger partial charge in [-0.2, -0.15) is 0 Å². The third-order valence-corrected chi connectivity index (χ3v) is 5.42. The van der Waals surface area contributed by atoms with Gasteiger partial charge in [-0.3, -0.25) is 9.59 Å². The van der Waals surface area contributed by atoms with Crippen LogP contribution in [0.3, 0.4) is 0 Å². The molecule has 1 aromatic heterocycles. The first-order valence-corrected chi connectivity index (χ1v) is 9.94. The summed E-state index contributed by atoms with van der Waals surface area (Å²) in [6, 6.07) is 9.20. The second kappa shape index (κ2) is 8.68. The van der Waals surface area contributed by atoms with E-state index in [9.17, 15) is 14.7 Å². The number of methoxy groups -OCH3 is 1. The van der Waals surface area contributed by atoms with E-state index in [0.717, 1.165) is 11.3 Å². The molecule has 1 fully saturated rings. The van der Waals surface area contributed by atoms with Crippen molar-refractivity contribution in [3.63, 3.8) is 0 Å². The van der Waals surface area contributed by atoms with E-state index in [1.165, 1.54) is 0 Å². The van der Waals surface area contributed by atoms with Gasteiger partial charge in [0.05, 0.1) is 12.5 Å². The summed E-state index contributed by atoms with van der Waals surface area (Å²) < 4.78 is 10.6. The Morgan fingerprint density at radius 1 is 1.31 bits per heavy atom. The molecule has 2 heterocycles. The van der Waals surface area contributed by atoms with Crippen LogP contribution in [-0.4, -0.2) is 47.2 Å². The summed E-state index contributed by atoms with van der Waals surface area (Å²) in [7, 11) is 1.61. The molecule has 7 heteroatoms. The van der Waals surface area contributed by atoms with Crippen molar-refractivity contribution in [3.05, 3.63) is 36.1 Å². The number of carboxylic acid groups (broad SMARTS) is 1. The maximum Gasteiger partial charge on any atom is 0.311 e. The third-order valence-electron chi connectivity index (χ3n) is 5.42. The SMILES string of the molecule is COc1ccc(-c2cc(CC3(C(=O)O)CCCN(C(=O)CC(C)C)C3)on2)cc1. The Kier molecular flexibility index (Phi) is 6.25. The number of aromatic nitrogens is 1. The fourth-order valence-electron chi connectivity index (χ4n) is 3.85. The first-order valence-electron chi connectivity index (χ1n) is 9.94. The number of benzene rings is 1. The number of rotatable bonds is 7. The van der Waals surface area contributed by atoms with Crippen molar-refractivity contribution in [2.24, 2.45) is 11.3 Å². The number of ether oxygens (including phenoxy) is 1. The molecule has 1 saturated heterocycles. The lowest BCUT2D eigenvalue weighted by Crippen LogP contribution is -2.51. The number of aliphatic carboxylic acids is 1. The zero-order valence-electron chi connectivity index (χ0n) is 17.2. The van der Waals surface area contributed by atoms with Gasteiger partial charge in [0.1, 0.15) is 17.2 Å². The molecule has 1 amide bonds. The highest BCUT2D eigenvalue weighted by atomic mass is 16.5. The zero-order chi connectivity index (χ0) is 21.0. The van der Waals surface area contributed by atoms with E-state index in [2.05, 4.69) is 5.16 Å². The van der Waals surface area contributed by atoms with Gasteiger partial charge in [-0.25, -0.2) is 0 Å². The first kappa shape index (κ1) is 20.9. The second-order valence-electron chi connectivity index (χ2n) is 8.19. The number of carboxylic acids is 1. The van der Waals surface area contributed by atoms with Crippen molar-refractivity contribution in [2.45, 2.75) is 39.5 Å². The van der Waals surface area contributed by atoms with Crippen LogP contribution in [0.15, 0.2) is 34.9 Å². The van der Waals surface area contributed by atoms with E-state index in [0.29, 0.717) is 37.3 Å². The molecule has 0 bridgehead atoms. The lowest BCUT2D eigenvalue weighted by atomic mass is 9.76. The van der Waals surface area contributed by atoms with Gasteiger partial charge in [-0.15, -0.1) is 0 Å². The molecule has 29 heavy (non-hydrogen) atoms. The van der Waals surface area contributed by atoms with Crippen LogP contribution in [0.4, 0.5) is 0 Å². The lowest BCUT2D eigenvalue weighted by molar-refractivity contribution is -0.155. The van der Waals surface area contributed by atoms with Crippen molar-refractivity contribution in [1.29, 1.82) is 0 Å². The van der Waals surface area contributed by atoms with Crippen molar-refractivity contribution in [2.75, 3.05) is 20.2 Å². The summed E-state index contributed by atoms with van der Waals surface area (Å²) in [4.78, 5) is 26.4. The van der Waals surface area contributed by atoms with Crippen LogP contribution in [0.1, 0.15) is 38.9 Å². The van der Waals surface area contributed by atoms with Crippen LogP contribution in [0.5, 0.6) is 5.75 Å². The first-order chi connectivity index (χ1) is 13.8. The van der Waals surface area contributed by atoms with Crippen LogP contribution in [0.25, 0.3) is 11.3 Å². The molecule has 0 radical (unpaired) electrons. The van der Waals surface area contributed by atoms with Crippen LogP contribution in [-0.2, 0) is 16.0 Å². The normalized spacial score (nSPS) is 19.4. The molecule has 2 aromatic rings. The molecule has 1 unspecified atom stereocenters. The van der Waals surface area contributed by atoms with Crippen LogP contribution in [0.2, 0.25) is 0 Å². The quantitative estimate of drug-likeness (QED) is 0.763. The lowest BCUT2D eigenvalue weighted by Gasteiger charge is -2.39.